The number of carbonyl (C=O) groups excluding carboxylic acids is 1. The second-order valence-electron chi connectivity index (χ2n) is 2.89. The summed E-state index contributed by atoms with van der Waals surface area (Å²) >= 11 is 0. The molecule has 0 aliphatic carbocycles. The molecular weight excluding hydrogens is 215 g/mol. The lowest BCUT2D eigenvalue weighted by Gasteiger charge is -2.06. The molecule has 1 amide bonds. The molecule has 0 aromatic carbocycles. The highest BCUT2D eigenvalue weighted by molar-refractivity contribution is 7.16. The van der Waals surface area contributed by atoms with Gasteiger partial charge in [0.05, 0.1) is 33.0 Å². The average Bonchev–Trinajstić information content (AvgIpc) is 2.22. The molecule has 1 atom stereocenters. The minimum atomic E-state index is -0.0136. The molecule has 0 fully saturated rings. The summed E-state index contributed by atoms with van der Waals surface area (Å²) in [6.07, 6.45) is 0.945. The number of carbonyl (C=O) groups is 1. The second-order valence-corrected chi connectivity index (χ2v) is 3.47. The van der Waals surface area contributed by atoms with Crippen LogP contribution < -0.4 is 10.6 Å². The summed E-state index contributed by atoms with van der Waals surface area (Å²) in [5.41, 5.74) is 0. The molecule has 15 heavy (non-hydrogen) atoms. The fourth-order valence-electron chi connectivity index (χ4n) is 0.891. The third-order valence-corrected chi connectivity index (χ3v) is 1.78. The van der Waals surface area contributed by atoms with Crippen LogP contribution in [-0.4, -0.2) is 58.6 Å². The first kappa shape index (κ1) is 14.8. The number of hydrogen-bond donors (Lipinski definition) is 2. The number of hydrogen-bond acceptors (Lipinski definition) is 4. The van der Waals surface area contributed by atoms with Crippen molar-refractivity contribution in [3.8, 4) is 0 Å². The van der Waals surface area contributed by atoms with Gasteiger partial charge in [0, 0.05) is 6.54 Å². The quantitative estimate of drug-likeness (QED) is 0.386. The van der Waals surface area contributed by atoms with Crippen molar-refractivity contribution in [1.29, 1.82) is 0 Å². The van der Waals surface area contributed by atoms with Crippen LogP contribution in [0.5, 0.6) is 0 Å². The molecule has 0 spiro atoms. The van der Waals surface area contributed by atoms with E-state index in [9.17, 15) is 4.79 Å². The van der Waals surface area contributed by atoms with E-state index in [-0.39, 0.29) is 5.91 Å². The van der Waals surface area contributed by atoms with E-state index in [4.69, 9.17) is 9.47 Å². The van der Waals surface area contributed by atoms with E-state index in [1.807, 2.05) is 0 Å². The highest BCUT2D eigenvalue weighted by Gasteiger charge is 1.96. The Bertz CT molecular complexity index is 158. The van der Waals surface area contributed by atoms with E-state index in [0.29, 0.717) is 32.9 Å². The molecule has 2 N–H and O–H groups in total. The zero-order valence-electron chi connectivity index (χ0n) is 9.25. The molecule has 0 radical (unpaired) electrons. The Kier molecular flexibility index (Phi) is 11.7. The van der Waals surface area contributed by atoms with Gasteiger partial charge in [-0.25, -0.2) is 0 Å². The summed E-state index contributed by atoms with van der Waals surface area (Å²) in [6, 6.07) is 0. The lowest BCUT2D eigenvalue weighted by Crippen LogP contribution is -2.34. The van der Waals surface area contributed by atoms with Gasteiger partial charge in [0.2, 0.25) is 5.91 Å². The molecule has 6 heteroatoms. The first-order valence-electron chi connectivity index (χ1n) is 5.08. The van der Waals surface area contributed by atoms with Gasteiger partial charge < -0.3 is 20.1 Å². The van der Waals surface area contributed by atoms with Crippen LogP contribution in [0.4, 0.5) is 0 Å². The summed E-state index contributed by atoms with van der Waals surface area (Å²) in [5.74, 6) is -0.0136. The summed E-state index contributed by atoms with van der Waals surface area (Å²) < 4.78 is 10.4. The molecule has 0 aliphatic rings. The molecule has 0 heterocycles. The fourth-order valence-corrected chi connectivity index (χ4v) is 1.06. The average molecular weight is 236 g/mol. The van der Waals surface area contributed by atoms with E-state index in [1.54, 1.807) is 7.05 Å². The molecule has 0 aromatic heterocycles. The topological polar surface area (TPSA) is 59.6 Å². The van der Waals surface area contributed by atoms with Gasteiger partial charge in [-0.1, -0.05) is 0 Å². The van der Waals surface area contributed by atoms with Gasteiger partial charge in [0.15, 0.2) is 0 Å². The Labute approximate surface area is 93.5 Å². The number of rotatable bonds is 10. The Balaban J connectivity index is 3.01. The standard InChI is InChI=1S/C9H21N2O3P/c1-10-8-9(12)11-2-3-13-4-5-14-6-7-15/h10H,2-8,15H2,1H3,(H,11,12). The lowest BCUT2D eigenvalue weighted by atomic mass is 10.5. The van der Waals surface area contributed by atoms with E-state index in [2.05, 4.69) is 19.9 Å². The van der Waals surface area contributed by atoms with Crippen molar-refractivity contribution < 1.29 is 14.3 Å². The van der Waals surface area contributed by atoms with Crippen molar-refractivity contribution in [1.82, 2.24) is 10.6 Å². The van der Waals surface area contributed by atoms with Gasteiger partial charge >= 0.3 is 0 Å². The summed E-state index contributed by atoms with van der Waals surface area (Å²) in [6.45, 7) is 3.35. The number of ether oxygens (including phenoxy) is 2. The zero-order chi connectivity index (χ0) is 11.4. The predicted molar refractivity (Wildman–Crippen MR) is 63.2 cm³/mol. The molecule has 90 valence electrons. The van der Waals surface area contributed by atoms with Gasteiger partial charge in [-0.3, -0.25) is 4.79 Å². The van der Waals surface area contributed by atoms with Crippen molar-refractivity contribution in [2.45, 2.75) is 0 Å². The molecule has 0 saturated carbocycles. The number of likely N-dealkylation sites (N-methyl/N-ethyl adjacent to an activating group) is 1. The molecule has 0 aromatic rings. The summed E-state index contributed by atoms with van der Waals surface area (Å²) in [5, 5.41) is 5.48. The minimum absolute atomic E-state index is 0.0136. The first-order chi connectivity index (χ1) is 7.31. The zero-order valence-corrected chi connectivity index (χ0v) is 10.4. The Morgan fingerprint density at radius 3 is 2.47 bits per heavy atom. The smallest absolute Gasteiger partial charge is 0.234 e. The van der Waals surface area contributed by atoms with Gasteiger partial charge in [-0.15, -0.1) is 9.24 Å². The summed E-state index contributed by atoms with van der Waals surface area (Å²) in [4.78, 5) is 11.0. The second kappa shape index (κ2) is 11.9. The maximum Gasteiger partial charge on any atom is 0.234 e. The van der Waals surface area contributed by atoms with Gasteiger partial charge in [-0.05, 0) is 13.2 Å². The highest BCUT2D eigenvalue weighted by atomic mass is 31.0. The fraction of sp³-hybridized carbons (Fsp3) is 0.889. The van der Waals surface area contributed by atoms with Crippen LogP contribution in [0.2, 0.25) is 0 Å². The Morgan fingerprint density at radius 2 is 1.87 bits per heavy atom. The van der Waals surface area contributed by atoms with Crippen molar-refractivity contribution in [2.24, 2.45) is 0 Å². The van der Waals surface area contributed by atoms with Gasteiger partial charge in [0.25, 0.3) is 0 Å². The molecule has 0 bridgehead atoms. The third-order valence-electron chi connectivity index (χ3n) is 1.54. The van der Waals surface area contributed by atoms with Crippen LogP contribution in [0, 0.1) is 0 Å². The molecule has 1 unspecified atom stereocenters. The number of amides is 1. The number of nitrogens with one attached hydrogen (secondary N) is 2. The SMILES string of the molecule is CNCC(=O)NCCOCCOCCP. The van der Waals surface area contributed by atoms with Crippen LogP contribution in [0.25, 0.3) is 0 Å². The van der Waals surface area contributed by atoms with E-state index in [0.717, 1.165) is 12.8 Å². The van der Waals surface area contributed by atoms with Crippen LogP contribution in [0.15, 0.2) is 0 Å². The van der Waals surface area contributed by atoms with Gasteiger partial charge in [-0.2, -0.15) is 0 Å². The van der Waals surface area contributed by atoms with E-state index < -0.39 is 0 Å². The molecule has 0 saturated heterocycles. The van der Waals surface area contributed by atoms with Crippen LogP contribution in [0.3, 0.4) is 0 Å². The van der Waals surface area contributed by atoms with Crippen molar-refractivity contribution in [2.75, 3.05) is 52.7 Å². The van der Waals surface area contributed by atoms with Crippen LogP contribution >= 0.6 is 9.24 Å². The minimum Gasteiger partial charge on any atom is -0.379 e. The monoisotopic (exact) mass is 236 g/mol. The highest BCUT2D eigenvalue weighted by Crippen LogP contribution is 1.82. The van der Waals surface area contributed by atoms with Crippen molar-refractivity contribution >= 4 is 15.1 Å². The Morgan fingerprint density at radius 1 is 1.20 bits per heavy atom. The maximum absolute atomic E-state index is 11.0. The first-order valence-corrected chi connectivity index (χ1v) is 5.89. The van der Waals surface area contributed by atoms with Crippen molar-refractivity contribution in [3.05, 3.63) is 0 Å². The molecule has 0 rings (SSSR count). The van der Waals surface area contributed by atoms with Crippen LogP contribution in [0.1, 0.15) is 0 Å². The van der Waals surface area contributed by atoms with Crippen LogP contribution in [-0.2, 0) is 14.3 Å². The van der Waals surface area contributed by atoms with E-state index >= 15 is 0 Å². The maximum atomic E-state index is 11.0. The summed E-state index contributed by atoms with van der Waals surface area (Å²) in [7, 11) is 4.33. The predicted octanol–water partition coefficient (Wildman–Crippen LogP) is -0.770. The van der Waals surface area contributed by atoms with Gasteiger partial charge in [0.1, 0.15) is 0 Å². The largest absolute Gasteiger partial charge is 0.379 e. The Hall–Kier alpha value is -0.220. The van der Waals surface area contributed by atoms with E-state index in [1.165, 1.54) is 0 Å². The lowest BCUT2D eigenvalue weighted by molar-refractivity contribution is -0.120. The van der Waals surface area contributed by atoms with Crippen molar-refractivity contribution in [3.63, 3.8) is 0 Å². The molecule has 5 nitrogen and oxygen atoms in total. The molecular formula is C9H21N2O3P. The normalized spacial score (nSPS) is 10.3. The molecule has 0 aliphatic heterocycles. The third kappa shape index (κ3) is 11.7.